The number of hydrogen-bond acceptors (Lipinski definition) is 3. The van der Waals surface area contributed by atoms with Crippen molar-refractivity contribution in [2.45, 2.75) is 50.4 Å². The van der Waals surface area contributed by atoms with Crippen molar-refractivity contribution in [3.8, 4) is 0 Å². The molecule has 4 heteroatoms. The van der Waals surface area contributed by atoms with Crippen LogP contribution < -0.4 is 5.32 Å². The second kappa shape index (κ2) is 3.49. The lowest BCUT2D eigenvalue weighted by Gasteiger charge is -2.23. The first kappa shape index (κ1) is 10.4. The molecule has 1 N–H and O–H groups in total. The van der Waals surface area contributed by atoms with Crippen LogP contribution in [0.4, 0.5) is 0 Å². The van der Waals surface area contributed by atoms with E-state index in [-0.39, 0.29) is 11.3 Å². The number of rotatable bonds is 1. The Hall–Kier alpha value is -0.0900. The molecule has 1 aliphatic heterocycles. The van der Waals surface area contributed by atoms with Gasteiger partial charge >= 0.3 is 0 Å². The Bertz CT molecular complexity index is 308. The maximum absolute atomic E-state index is 11.8. The number of nitrogens with one attached hydrogen (secondary N) is 1. The lowest BCUT2D eigenvalue weighted by molar-refractivity contribution is 0.405. The molecule has 0 aromatic heterocycles. The molecular formula is C10H19NO2S. The monoisotopic (exact) mass is 217 g/mol. The van der Waals surface area contributed by atoms with Crippen molar-refractivity contribution in [2.75, 3.05) is 5.75 Å². The molecule has 82 valence electrons. The molecule has 0 amide bonds. The third-order valence-electron chi connectivity index (χ3n) is 3.51. The van der Waals surface area contributed by atoms with Gasteiger partial charge in [-0.05, 0) is 39.0 Å². The van der Waals surface area contributed by atoms with Gasteiger partial charge in [0.25, 0.3) is 0 Å². The molecule has 2 aliphatic rings. The first-order chi connectivity index (χ1) is 6.50. The molecule has 0 radical (unpaired) electrons. The summed E-state index contributed by atoms with van der Waals surface area (Å²) in [5.74, 6) is 0.964. The summed E-state index contributed by atoms with van der Waals surface area (Å²) >= 11 is 0. The van der Waals surface area contributed by atoms with Crippen LogP contribution in [0.3, 0.4) is 0 Å². The summed E-state index contributed by atoms with van der Waals surface area (Å²) in [6.07, 6.45) is 3.16. The van der Waals surface area contributed by atoms with E-state index in [0.29, 0.717) is 17.7 Å². The van der Waals surface area contributed by atoms with Gasteiger partial charge < -0.3 is 5.32 Å². The molecule has 2 rings (SSSR count). The minimum Gasteiger partial charge on any atom is -0.310 e. The molecule has 0 aromatic rings. The van der Waals surface area contributed by atoms with Crippen molar-refractivity contribution in [3.63, 3.8) is 0 Å². The van der Waals surface area contributed by atoms with Crippen LogP contribution in [0.15, 0.2) is 0 Å². The van der Waals surface area contributed by atoms with E-state index in [1.165, 1.54) is 12.8 Å². The highest BCUT2D eigenvalue weighted by atomic mass is 32.2. The second-order valence-corrected chi connectivity index (χ2v) is 7.27. The van der Waals surface area contributed by atoms with Crippen LogP contribution in [0.1, 0.15) is 33.1 Å². The molecule has 0 spiro atoms. The molecule has 3 atom stereocenters. The average Bonchev–Trinajstić information content (AvgIpc) is 2.92. The third-order valence-corrected chi connectivity index (χ3v) is 5.75. The Morgan fingerprint density at radius 1 is 1.14 bits per heavy atom. The van der Waals surface area contributed by atoms with E-state index in [0.717, 1.165) is 6.42 Å². The molecule has 1 saturated carbocycles. The fraction of sp³-hybridized carbons (Fsp3) is 1.00. The maximum atomic E-state index is 11.8. The number of sulfone groups is 1. The molecule has 0 bridgehead atoms. The number of hydrogen-bond donors (Lipinski definition) is 1. The lowest BCUT2D eigenvalue weighted by atomic mass is 10.1. The smallest absolute Gasteiger partial charge is 0.154 e. The zero-order chi connectivity index (χ0) is 10.3. The van der Waals surface area contributed by atoms with Crippen molar-refractivity contribution >= 4 is 9.84 Å². The minimum absolute atomic E-state index is 0.194. The van der Waals surface area contributed by atoms with E-state index in [4.69, 9.17) is 0 Å². The van der Waals surface area contributed by atoms with Gasteiger partial charge in [-0.3, -0.25) is 0 Å². The maximum Gasteiger partial charge on any atom is 0.154 e. The SMILES string of the molecule is CC1CCS(=O)(=O)C(C)C(C2CC2)N1. The van der Waals surface area contributed by atoms with Crippen molar-refractivity contribution in [2.24, 2.45) is 5.92 Å². The standard InChI is InChI=1S/C10H19NO2S/c1-7-5-6-14(12,13)8(2)10(11-7)9-3-4-9/h7-11H,3-6H2,1-2H3. The van der Waals surface area contributed by atoms with E-state index in [1.54, 1.807) is 0 Å². The zero-order valence-corrected chi connectivity index (χ0v) is 9.68. The Kier molecular flexibility index (Phi) is 2.60. The first-order valence-electron chi connectivity index (χ1n) is 5.48. The van der Waals surface area contributed by atoms with Gasteiger partial charge in [0.1, 0.15) is 0 Å². The molecule has 2 fully saturated rings. The van der Waals surface area contributed by atoms with Gasteiger partial charge in [0, 0.05) is 12.1 Å². The molecule has 1 heterocycles. The highest BCUT2D eigenvalue weighted by molar-refractivity contribution is 7.92. The van der Waals surface area contributed by atoms with Gasteiger partial charge in [0.2, 0.25) is 0 Å². The highest BCUT2D eigenvalue weighted by Crippen LogP contribution is 2.37. The normalized spacial score (nSPS) is 43.1. The van der Waals surface area contributed by atoms with Crippen LogP contribution in [0.2, 0.25) is 0 Å². The predicted octanol–water partition coefficient (Wildman–Crippen LogP) is 0.950. The summed E-state index contributed by atoms with van der Waals surface area (Å²) < 4.78 is 23.7. The van der Waals surface area contributed by atoms with E-state index >= 15 is 0 Å². The van der Waals surface area contributed by atoms with Gasteiger partial charge in [-0.25, -0.2) is 8.42 Å². The van der Waals surface area contributed by atoms with Gasteiger partial charge in [0.15, 0.2) is 9.84 Å². The van der Waals surface area contributed by atoms with Gasteiger partial charge in [0.05, 0.1) is 11.0 Å². The van der Waals surface area contributed by atoms with Crippen molar-refractivity contribution < 1.29 is 8.42 Å². The summed E-state index contributed by atoms with van der Waals surface area (Å²) in [5, 5.41) is 3.27. The quantitative estimate of drug-likeness (QED) is 0.711. The fourth-order valence-electron chi connectivity index (χ4n) is 2.27. The molecule has 3 nitrogen and oxygen atoms in total. The van der Waals surface area contributed by atoms with E-state index < -0.39 is 9.84 Å². The molecule has 0 aromatic carbocycles. The summed E-state index contributed by atoms with van der Waals surface area (Å²) in [5.41, 5.74) is 0. The lowest BCUT2D eigenvalue weighted by Crippen LogP contribution is -2.44. The van der Waals surface area contributed by atoms with Gasteiger partial charge in [-0.1, -0.05) is 0 Å². The Labute approximate surface area is 86.2 Å². The van der Waals surface area contributed by atoms with Crippen molar-refractivity contribution in [3.05, 3.63) is 0 Å². The van der Waals surface area contributed by atoms with Crippen LogP contribution in [0.5, 0.6) is 0 Å². The largest absolute Gasteiger partial charge is 0.310 e. The van der Waals surface area contributed by atoms with Crippen molar-refractivity contribution in [1.29, 1.82) is 0 Å². The van der Waals surface area contributed by atoms with Crippen LogP contribution in [0.25, 0.3) is 0 Å². The summed E-state index contributed by atoms with van der Waals surface area (Å²) in [6, 6.07) is 0.554. The Balaban J connectivity index is 2.20. The van der Waals surface area contributed by atoms with E-state index in [2.05, 4.69) is 12.2 Å². The molecule has 1 saturated heterocycles. The van der Waals surface area contributed by atoms with Crippen LogP contribution in [0, 0.1) is 5.92 Å². The molecule has 14 heavy (non-hydrogen) atoms. The topological polar surface area (TPSA) is 46.2 Å². The molecule has 3 unspecified atom stereocenters. The fourth-order valence-corrected chi connectivity index (χ4v) is 4.07. The van der Waals surface area contributed by atoms with Gasteiger partial charge in [-0.15, -0.1) is 0 Å². The molecular weight excluding hydrogens is 198 g/mol. The van der Waals surface area contributed by atoms with Gasteiger partial charge in [-0.2, -0.15) is 0 Å². The summed E-state index contributed by atoms with van der Waals surface area (Å²) in [7, 11) is -2.85. The summed E-state index contributed by atoms with van der Waals surface area (Å²) in [4.78, 5) is 0. The Morgan fingerprint density at radius 2 is 1.79 bits per heavy atom. The van der Waals surface area contributed by atoms with E-state index in [1.807, 2.05) is 6.92 Å². The molecule has 1 aliphatic carbocycles. The van der Waals surface area contributed by atoms with Crippen LogP contribution >= 0.6 is 0 Å². The minimum atomic E-state index is -2.85. The zero-order valence-electron chi connectivity index (χ0n) is 8.86. The van der Waals surface area contributed by atoms with Crippen molar-refractivity contribution in [1.82, 2.24) is 5.32 Å². The second-order valence-electron chi connectivity index (χ2n) is 4.79. The first-order valence-corrected chi connectivity index (χ1v) is 7.20. The summed E-state index contributed by atoms with van der Waals surface area (Å²) in [6.45, 7) is 3.95. The highest BCUT2D eigenvalue weighted by Gasteiger charge is 2.42. The van der Waals surface area contributed by atoms with E-state index in [9.17, 15) is 8.42 Å². The Morgan fingerprint density at radius 3 is 2.36 bits per heavy atom. The van der Waals surface area contributed by atoms with Crippen LogP contribution in [-0.2, 0) is 9.84 Å². The third kappa shape index (κ3) is 1.96. The van der Waals surface area contributed by atoms with Crippen LogP contribution in [-0.4, -0.2) is 31.5 Å². The average molecular weight is 217 g/mol. The predicted molar refractivity (Wildman–Crippen MR) is 57.0 cm³/mol.